The van der Waals surface area contributed by atoms with Gasteiger partial charge in [0.25, 0.3) is 5.91 Å². The van der Waals surface area contributed by atoms with E-state index in [4.69, 9.17) is 9.47 Å². The lowest BCUT2D eigenvalue weighted by atomic mass is 10.1. The maximum absolute atomic E-state index is 12.7. The fourth-order valence-corrected chi connectivity index (χ4v) is 3.00. The summed E-state index contributed by atoms with van der Waals surface area (Å²) in [5.74, 6) is -0.589. The fourth-order valence-electron chi connectivity index (χ4n) is 3.00. The first kappa shape index (κ1) is 19.3. The zero-order valence-corrected chi connectivity index (χ0v) is 14.5. The number of alkyl halides is 3. The summed E-state index contributed by atoms with van der Waals surface area (Å²) in [6, 6.07) is 6.81. The predicted octanol–water partition coefficient (Wildman–Crippen LogP) is 0.791. The van der Waals surface area contributed by atoms with Gasteiger partial charge in [0.2, 0.25) is 5.91 Å². The summed E-state index contributed by atoms with van der Waals surface area (Å²) in [7, 11) is 0. The van der Waals surface area contributed by atoms with Gasteiger partial charge in [-0.25, -0.2) is 0 Å². The molecule has 0 saturated carbocycles. The number of hydrogen-bond acceptors (Lipinski definition) is 5. The van der Waals surface area contributed by atoms with E-state index in [0.717, 1.165) is 0 Å². The van der Waals surface area contributed by atoms with E-state index in [2.05, 4.69) is 0 Å². The number of carbonyl (C=O) groups excluding carboxylic acids is 2. The van der Waals surface area contributed by atoms with Crippen molar-refractivity contribution < 1.29 is 32.2 Å². The van der Waals surface area contributed by atoms with E-state index in [1.54, 1.807) is 34.1 Å². The van der Waals surface area contributed by atoms with Crippen LogP contribution in [-0.4, -0.2) is 74.9 Å². The zero-order chi connectivity index (χ0) is 19.4. The normalized spacial score (nSPS) is 19.9. The third-order valence-corrected chi connectivity index (χ3v) is 4.28. The average Bonchev–Trinajstić information content (AvgIpc) is 2.66. The highest BCUT2D eigenvalue weighted by molar-refractivity contribution is 5.86. The maximum Gasteiger partial charge on any atom is 0.405 e. The molecule has 1 N–H and O–H groups in total. The lowest BCUT2D eigenvalue weighted by molar-refractivity contribution is -0.143. The number of morpholine rings is 1. The van der Waals surface area contributed by atoms with Crippen molar-refractivity contribution in [2.75, 3.05) is 50.8 Å². The minimum absolute atomic E-state index is 0.0760. The maximum atomic E-state index is 12.7. The molecule has 27 heavy (non-hydrogen) atoms. The molecule has 7 nitrogen and oxygen atoms in total. The van der Waals surface area contributed by atoms with Crippen molar-refractivity contribution >= 4 is 17.5 Å². The first-order valence-electron chi connectivity index (χ1n) is 8.54. The van der Waals surface area contributed by atoms with Crippen LogP contribution in [0.5, 0.6) is 5.75 Å². The van der Waals surface area contributed by atoms with Gasteiger partial charge in [0.1, 0.15) is 12.3 Å². The van der Waals surface area contributed by atoms with E-state index >= 15 is 0 Å². The van der Waals surface area contributed by atoms with Crippen LogP contribution in [0.3, 0.4) is 0 Å². The Bertz CT molecular complexity index is 692. The number of halogens is 3. The smallest absolute Gasteiger partial charge is 0.405 e. The van der Waals surface area contributed by atoms with Crippen LogP contribution in [-0.2, 0) is 14.3 Å². The first-order chi connectivity index (χ1) is 12.8. The Kier molecular flexibility index (Phi) is 5.73. The Hall–Kier alpha value is -2.49. The number of nitrogens with zero attached hydrogens (tertiary/aromatic N) is 2. The molecule has 0 radical (unpaired) electrons. The zero-order valence-electron chi connectivity index (χ0n) is 14.5. The quantitative estimate of drug-likeness (QED) is 0.827. The summed E-state index contributed by atoms with van der Waals surface area (Å²) in [5.41, 5.74) is 0.561. The van der Waals surface area contributed by atoms with Gasteiger partial charge in [0, 0.05) is 13.1 Å². The van der Waals surface area contributed by atoms with E-state index in [9.17, 15) is 22.8 Å². The van der Waals surface area contributed by atoms with Crippen molar-refractivity contribution in [2.24, 2.45) is 0 Å². The minimum atomic E-state index is -4.48. The number of para-hydroxylation sites is 2. The second-order valence-electron chi connectivity index (χ2n) is 6.28. The third kappa shape index (κ3) is 5.03. The van der Waals surface area contributed by atoms with Crippen LogP contribution in [0, 0.1) is 0 Å². The second-order valence-corrected chi connectivity index (χ2v) is 6.28. The van der Waals surface area contributed by atoms with Gasteiger partial charge in [-0.1, -0.05) is 12.1 Å². The van der Waals surface area contributed by atoms with Crippen molar-refractivity contribution in [3.8, 4) is 5.75 Å². The van der Waals surface area contributed by atoms with Gasteiger partial charge in [0.05, 0.1) is 32.0 Å². The molecule has 1 aromatic rings. The molecule has 10 heteroatoms. The van der Waals surface area contributed by atoms with Crippen molar-refractivity contribution in [1.82, 2.24) is 10.2 Å². The molecule has 0 aliphatic carbocycles. The Balaban J connectivity index is 1.70. The van der Waals surface area contributed by atoms with Crippen LogP contribution >= 0.6 is 0 Å². The summed E-state index contributed by atoms with van der Waals surface area (Å²) < 4.78 is 47.9. The lowest BCUT2D eigenvalue weighted by Gasteiger charge is -2.38. The number of ether oxygens (including phenoxy) is 2. The molecule has 2 heterocycles. The number of carbonyl (C=O) groups is 2. The molecule has 1 unspecified atom stereocenters. The molecule has 1 atom stereocenters. The van der Waals surface area contributed by atoms with Crippen LogP contribution in [0.2, 0.25) is 0 Å². The number of anilines is 1. The van der Waals surface area contributed by atoms with Gasteiger partial charge in [-0.2, -0.15) is 13.2 Å². The molecular formula is C17H20F3N3O4. The highest BCUT2D eigenvalue weighted by Gasteiger charge is 2.35. The molecule has 2 aliphatic heterocycles. The number of nitrogens with one attached hydrogen (secondary N) is 1. The summed E-state index contributed by atoms with van der Waals surface area (Å²) >= 11 is 0. The van der Waals surface area contributed by atoms with Crippen LogP contribution < -0.4 is 15.0 Å². The number of benzene rings is 1. The van der Waals surface area contributed by atoms with Crippen LogP contribution in [0.1, 0.15) is 0 Å². The number of rotatable bonds is 4. The van der Waals surface area contributed by atoms with E-state index in [-0.39, 0.29) is 19.0 Å². The summed E-state index contributed by atoms with van der Waals surface area (Å²) in [4.78, 5) is 27.9. The SMILES string of the molecule is O=C(CN1CC(C(=O)N2CCOCC2)Oc2ccccc21)NCC(F)(F)F. The van der Waals surface area contributed by atoms with Crippen LogP contribution in [0.15, 0.2) is 24.3 Å². The van der Waals surface area contributed by atoms with Gasteiger partial charge in [-0.3, -0.25) is 9.59 Å². The molecule has 0 bridgehead atoms. The van der Waals surface area contributed by atoms with E-state index < -0.39 is 24.7 Å². The molecular weight excluding hydrogens is 367 g/mol. The highest BCUT2D eigenvalue weighted by atomic mass is 19.4. The summed E-state index contributed by atoms with van der Waals surface area (Å²) in [6.07, 6.45) is -5.32. The molecule has 0 spiro atoms. The van der Waals surface area contributed by atoms with Crippen molar-refractivity contribution in [3.05, 3.63) is 24.3 Å². The predicted molar refractivity (Wildman–Crippen MR) is 89.5 cm³/mol. The second kappa shape index (κ2) is 8.03. The Morgan fingerprint density at radius 1 is 1.19 bits per heavy atom. The molecule has 3 rings (SSSR count). The molecule has 148 valence electrons. The molecule has 0 aromatic heterocycles. The molecule has 1 aromatic carbocycles. The fraction of sp³-hybridized carbons (Fsp3) is 0.529. The van der Waals surface area contributed by atoms with E-state index in [1.807, 2.05) is 5.32 Å². The van der Waals surface area contributed by atoms with Gasteiger partial charge < -0.3 is 24.6 Å². The minimum Gasteiger partial charge on any atom is -0.477 e. The van der Waals surface area contributed by atoms with E-state index in [0.29, 0.717) is 37.7 Å². The van der Waals surface area contributed by atoms with Crippen molar-refractivity contribution in [2.45, 2.75) is 12.3 Å². The largest absolute Gasteiger partial charge is 0.477 e. The van der Waals surface area contributed by atoms with Gasteiger partial charge in [-0.15, -0.1) is 0 Å². The average molecular weight is 387 g/mol. The lowest BCUT2D eigenvalue weighted by Crippen LogP contribution is -2.54. The highest BCUT2D eigenvalue weighted by Crippen LogP contribution is 2.33. The van der Waals surface area contributed by atoms with Crippen LogP contribution in [0.25, 0.3) is 0 Å². The molecule has 2 aliphatic rings. The Labute approximate surface area is 154 Å². The summed E-state index contributed by atoms with van der Waals surface area (Å²) in [5, 5.41) is 1.85. The first-order valence-corrected chi connectivity index (χ1v) is 8.54. The third-order valence-electron chi connectivity index (χ3n) is 4.28. The van der Waals surface area contributed by atoms with Crippen LogP contribution in [0.4, 0.5) is 18.9 Å². The monoisotopic (exact) mass is 387 g/mol. The molecule has 2 amide bonds. The molecule has 1 fully saturated rings. The number of amides is 2. The van der Waals surface area contributed by atoms with Crippen molar-refractivity contribution in [3.63, 3.8) is 0 Å². The Morgan fingerprint density at radius 3 is 2.59 bits per heavy atom. The van der Waals surface area contributed by atoms with Crippen molar-refractivity contribution in [1.29, 1.82) is 0 Å². The number of hydrogen-bond donors (Lipinski definition) is 1. The van der Waals surface area contributed by atoms with Gasteiger partial charge >= 0.3 is 6.18 Å². The number of fused-ring (bicyclic) bond motifs is 1. The molecule has 1 saturated heterocycles. The van der Waals surface area contributed by atoms with Gasteiger partial charge in [0.15, 0.2) is 6.10 Å². The van der Waals surface area contributed by atoms with E-state index in [1.165, 1.54) is 0 Å². The topological polar surface area (TPSA) is 71.1 Å². The van der Waals surface area contributed by atoms with Gasteiger partial charge in [-0.05, 0) is 12.1 Å². The standard InChI is InChI=1S/C17H20F3N3O4/c18-17(19,20)11-21-15(24)10-23-9-14(16(25)22-5-7-26-8-6-22)27-13-4-2-1-3-12(13)23/h1-4,14H,5-11H2,(H,21,24). The summed E-state index contributed by atoms with van der Waals surface area (Å²) in [6.45, 7) is 0.167. The Morgan fingerprint density at radius 2 is 1.89 bits per heavy atom.